The summed E-state index contributed by atoms with van der Waals surface area (Å²) in [5.41, 5.74) is 0.907. The van der Waals surface area contributed by atoms with Crippen molar-refractivity contribution in [3.63, 3.8) is 0 Å². The smallest absolute Gasteiger partial charge is 0.123 e. The lowest BCUT2D eigenvalue weighted by atomic mass is 10.0. The van der Waals surface area contributed by atoms with E-state index in [1.165, 1.54) is 12.1 Å². The Labute approximate surface area is 83.1 Å². The number of hydrogen-bond donors (Lipinski definition) is 1. The molecule has 76 valence electrons. The minimum atomic E-state index is -0.205. The molecular formula is C11H14FNO. The van der Waals surface area contributed by atoms with Crippen LogP contribution in [0.5, 0.6) is 0 Å². The van der Waals surface area contributed by atoms with E-state index >= 15 is 0 Å². The van der Waals surface area contributed by atoms with Gasteiger partial charge in [-0.2, -0.15) is 0 Å². The molecule has 0 aromatic heterocycles. The molecule has 0 saturated carbocycles. The van der Waals surface area contributed by atoms with Crippen molar-refractivity contribution in [2.75, 3.05) is 13.2 Å². The SMILES string of the molecule is CC1NCCOC1c1cccc(F)c1. The topological polar surface area (TPSA) is 21.3 Å². The van der Waals surface area contributed by atoms with Crippen LogP contribution in [0, 0.1) is 5.82 Å². The van der Waals surface area contributed by atoms with Crippen LogP contribution >= 0.6 is 0 Å². The number of rotatable bonds is 1. The molecule has 2 unspecified atom stereocenters. The number of benzene rings is 1. The molecule has 0 radical (unpaired) electrons. The molecule has 1 aliphatic rings. The Bertz CT molecular complexity index is 316. The van der Waals surface area contributed by atoms with E-state index in [4.69, 9.17) is 4.74 Å². The number of hydrogen-bond acceptors (Lipinski definition) is 2. The van der Waals surface area contributed by atoms with Gasteiger partial charge in [-0.25, -0.2) is 4.39 Å². The summed E-state index contributed by atoms with van der Waals surface area (Å²) < 4.78 is 18.6. The van der Waals surface area contributed by atoms with E-state index in [9.17, 15) is 4.39 Å². The van der Waals surface area contributed by atoms with Gasteiger partial charge in [0.25, 0.3) is 0 Å². The lowest BCUT2D eigenvalue weighted by Crippen LogP contribution is -2.41. The Balaban J connectivity index is 2.20. The number of halogens is 1. The third-order valence-electron chi connectivity index (χ3n) is 2.50. The van der Waals surface area contributed by atoms with E-state index in [0.29, 0.717) is 6.61 Å². The molecule has 1 aliphatic heterocycles. The molecule has 2 atom stereocenters. The number of morpholine rings is 1. The maximum atomic E-state index is 13.0. The lowest BCUT2D eigenvalue weighted by molar-refractivity contribution is -0.000381. The van der Waals surface area contributed by atoms with E-state index in [1.54, 1.807) is 6.07 Å². The largest absolute Gasteiger partial charge is 0.371 e. The second-order valence-corrected chi connectivity index (χ2v) is 3.59. The van der Waals surface area contributed by atoms with Crippen LogP contribution in [0.2, 0.25) is 0 Å². The minimum absolute atomic E-state index is 0.0283. The Morgan fingerprint density at radius 2 is 2.36 bits per heavy atom. The average molecular weight is 195 g/mol. The van der Waals surface area contributed by atoms with Crippen molar-refractivity contribution in [3.8, 4) is 0 Å². The molecule has 1 heterocycles. The molecule has 0 bridgehead atoms. The summed E-state index contributed by atoms with van der Waals surface area (Å²) in [7, 11) is 0. The second-order valence-electron chi connectivity index (χ2n) is 3.59. The van der Waals surface area contributed by atoms with Crippen LogP contribution in [0.25, 0.3) is 0 Å². The van der Waals surface area contributed by atoms with Crippen molar-refractivity contribution in [2.24, 2.45) is 0 Å². The van der Waals surface area contributed by atoms with Gasteiger partial charge >= 0.3 is 0 Å². The van der Waals surface area contributed by atoms with Gasteiger partial charge in [0.1, 0.15) is 5.82 Å². The molecule has 1 aromatic rings. The Morgan fingerprint density at radius 3 is 3.07 bits per heavy atom. The molecule has 0 aliphatic carbocycles. The van der Waals surface area contributed by atoms with Gasteiger partial charge in [0.2, 0.25) is 0 Å². The van der Waals surface area contributed by atoms with Gasteiger partial charge in [0.05, 0.1) is 12.7 Å². The Kier molecular flexibility index (Phi) is 2.79. The first-order valence-corrected chi connectivity index (χ1v) is 4.88. The van der Waals surface area contributed by atoms with Crippen molar-refractivity contribution in [3.05, 3.63) is 35.6 Å². The van der Waals surface area contributed by atoms with Gasteiger partial charge in [-0.15, -0.1) is 0 Å². The van der Waals surface area contributed by atoms with Gasteiger partial charge in [-0.3, -0.25) is 0 Å². The molecule has 1 fully saturated rings. The Morgan fingerprint density at radius 1 is 1.50 bits per heavy atom. The third-order valence-corrected chi connectivity index (χ3v) is 2.50. The quantitative estimate of drug-likeness (QED) is 0.738. The highest BCUT2D eigenvalue weighted by Gasteiger charge is 2.23. The lowest BCUT2D eigenvalue weighted by Gasteiger charge is -2.30. The molecule has 14 heavy (non-hydrogen) atoms. The molecule has 0 amide bonds. The number of ether oxygens (including phenoxy) is 1. The molecule has 0 spiro atoms. The highest BCUT2D eigenvalue weighted by Crippen LogP contribution is 2.23. The zero-order valence-electron chi connectivity index (χ0n) is 8.16. The fraction of sp³-hybridized carbons (Fsp3) is 0.455. The molecule has 2 rings (SSSR count). The van der Waals surface area contributed by atoms with Crippen LogP contribution in [0.4, 0.5) is 4.39 Å². The highest BCUT2D eigenvalue weighted by atomic mass is 19.1. The first-order chi connectivity index (χ1) is 6.77. The summed E-state index contributed by atoms with van der Waals surface area (Å²) in [6, 6.07) is 6.84. The molecule has 1 saturated heterocycles. The van der Waals surface area contributed by atoms with E-state index in [0.717, 1.165) is 12.1 Å². The van der Waals surface area contributed by atoms with Gasteiger partial charge in [0.15, 0.2) is 0 Å². The fourth-order valence-corrected chi connectivity index (χ4v) is 1.79. The van der Waals surface area contributed by atoms with Gasteiger partial charge < -0.3 is 10.1 Å². The fourth-order valence-electron chi connectivity index (χ4n) is 1.79. The van der Waals surface area contributed by atoms with Crippen LogP contribution in [-0.4, -0.2) is 19.2 Å². The molecule has 1 aromatic carbocycles. The summed E-state index contributed by atoms with van der Waals surface area (Å²) in [6.07, 6.45) is -0.0283. The maximum Gasteiger partial charge on any atom is 0.123 e. The van der Waals surface area contributed by atoms with Gasteiger partial charge in [-0.1, -0.05) is 12.1 Å². The summed E-state index contributed by atoms with van der Waals surface area (Å²) in [4.78, 5) is 0. The van der Waals surface area contributed by atoms with E-state index < -0.39 is 0 Å². The Hall–Kier alpha value is -0.930. The van der Waals surface area contributed by atoms with Crippen LogP contribution in [-0.2, 0) is 4.74 Å². The van der Waals surface area contributed by atoms with Gasteiger partial charge in [-0.05, 0) is 24.6 Å². The van der Waals surface area contributed by atoms with Crippen LogP contribution in [0.3, 0.4) is 0 Å². The minimum Gasteiger partial charge on any atom is -0.371 e. The monoisotopic (exact) mass is 195 g/mol. The third kappa shape index (κ3) is 1.94. The van der Waals surface area contributed by atoms with Crippen molar-refractivity contribution >= 4 is 0 Å². The molecule has 3 heteroatoms. The first-order valence-electron chi connectivity index (χ1n) is 4.88. The van der Waals surface area contributed by atoms with Crippen molar-refractivity contribution < 1.29 is 9.13 Å². The second kappa shape index (κ2) is 4.07. The van der Waals surface area contributed by atoms with Crippen molar-refractivity contribution in [2.45, 2.75) is 19.1 Å². The molecular weight excluding hydrogens is 181 g/mol. The summed E-state index contributed by atoms with van der Waals surface area (Å²) >= 11 is 0. The van der Waals surface area contributed by atoms with Crippen molar-refractivity contribution in [1.82, 2.24) is 5.32 Å². The van der Waals surface area contributed by atoms with E-state index in [1.807, 2.05) is 6.07 Å². The normalized spacial score (nSPS) is 27.6. The molecule has 2 nitrogen and oxygen atoms in total. The van der Waals surface area contributed by atoms with Crippen molar-refractivity contribution in [1.29, 1.82) is 0 Å². The average Bonchev–Trinajstić information content (AvgIpc) is 2.18. The van der Waals surface area contributed by atoms with Gasteiger partial charge in [0, 0.05) is 12.6 Å². The zero-order chi connectivity index (χ0) is 9.97. The van der Waals surface area contributed by atoms with E-state index in [2.05, 4.69) is 12.2 Å². The first kappa shape index (κ1) is 9.62. The van der Waals surface area contributed by atoms with Crippen LogP contribution in [0.15, 0.2) is 24.3 Å². The summed E-state index contributed by atoms with van der Waals surface area (Å²) in [5, 5.41) is 3.30. The standard InChI is InChI=1S/C11H14FNO/c1-8-11(14-6-5-13-8)9-3-2-4-10(12)7-9/h2-4,7-8,11,13H,5-6H2,1H3. The highest BCUT2D eigenvalue weighted by molar-refractivity contribution is 5.20. The maximum absolute atomic E-state index is 13.0. The summed E-state index contributed by atoms with van der Waals surface area (Å²) in [6.45, 7) is 3.60. The van der Waals surface area contributed by atoms with Crippen LogP contribution < -0.4 is 5.32 Å². The predicted molar refractivity (Wildman–Crippen MR) is 52.6 cm³/mol. The summed E-state index contributed by atoms with van der Waals surface area (Å²) in [5.74, 6) is -0.205. The number of nitrogens with one attached hydrogen (secondary N) is 1. The van der Waals surface area contributed by atoms with Crippen LogP contribution in [0.1, 0.15) is 18.6 Å². The predicted octanol–water partition coefficient (Wildman–Crippen LogP) is 1.88. The zero-order valence-corrected chi connectivity index (χ0v) is 8.16. The van der Waals surface area contributed by atoms with E-state index in [-0.39, 0.29) is 18.0 Å². The molecule has 1 N–H and O–H groups in total.